The molecule has 0 aliphatic carbocycles. The third kappa shape index (κ3) is 9.57. The fourth-order valence-electron chi connectivity index (χ4n) is 7.97. The summed E-state index contributed by atoms with van der Waals surface area (Å²) in [5.74, 6) is -1.72. The van der Waals surface area contributed by atoms with Gasteiger partial charge in [-0.1, -0.05) is 49.9 Å². The number of nitrogens with one attached hydrogen (secondary N) is 4. The van der Waals surface area contributed by atoms with Gasteiger partial charge in [0.2, 0.25) is 11.8 Å². The summed E-state index contributed by atoms with van der Waals surface area (Å²) in [6, 6.07) is 14.4. The van der Waals surface area contributed by atoms with Gasteiger partial charge in [0.25, 0.3) is 17.7 Å². The molecule has 56 heavy (non-hydrogen) atoms. The van der Waals surface area contributed by atoms with Crippen molar-refractivity contribution in [3.05, 3.63) is 82.8 Å². The van der Waals surface area contributed by atoms with Crippen molar-refractivity contribution in [1.82, 2.24) is 35.3 Å². The molecule has 2 atom stereocenters. The van der Waals surface area contributed by atoms with E-state index in [9.17, 15) is 29.1 Å². The Morgan fingerprint density at radius 2 is 1.64 bits per heavy atom. The fraction of sp³-hybridized carbons (Fsp3) is 0.488. The summed E-state index contributed by atoms with van der Waals surface area (Å²) in [5.41, 5.74) is 4.24. The molecule has 2 saturated heterocycles. The topological polar surface area (TPSA) is 189 Å². The van der Waals surface area contributed by atoms with E-state index in [2.05, 4.69) is 59.2 Å². The van der Waals surface area contributed by atoms with Crippen molar-refractivity contribution in [2.24, 2.45) is 0 Å². The number of piperidine rings is 1. The van der Waals surface area contributed by atoms with Gasteiger partial charge in [-0.25, -0.2) is 9.97 Å². The molecule has 0 radical (unpaired) electrons. The summed E-state index contributed by atoms with van der Waals surface area (Å²) >= 11 is 0. The number of hydrogen-bond acceptors (Lipinski definition) is 12. The van der Waals surface area contributed by atoms with E-state index in [1.807, 2.05) is 6.07 Å². The molecule has 3 aromatic rings. The van der Waals surface area contributed by atoms with E-state index in [-0.39, 0.29) is 48.2 Å². The van der Waals surface area contributed by atoms with Crippen LogP contribution < -0.4 is 21.3 Å². The molecule has 15 heteroatoms. The van der Waals surface area contributed by atoms with Gasteiger partial charge in [-0.15, -0.1) is 0 Å². The molecule has 4 aliphatic heterocycles. The van der Waals surface area contributed by atoms with E-state index in [0.29, 0.717) is 12.4 Å². The third-order valence-electron chi connectivity index (χ3n) is 11.1. The number of nitrogens with zero attached hydrogens (tertiary/aromatic N) is 5. The number of likely N-dealkylation sites (tertiary alicyclic amines) is 1. The highest BCUT2D eigenvalue weighted by atomic mass is 16.3. The van der Waals surface area contributed by atoms with Gasteiger partial charge in [0.1, 0.15) is 23.9 Å². The van der Waals surface area contributed by atoms with E-state index in [0.717, 1.165) is 94.8 Å². The lowest BCUT2D eigenvalue weighted by Crippen LogP contribution is -2.54. The minimum Gasteiger partial charge on any atom is -0.390 e. The number of aliphatic hydroxyl groups is 1. The maximum Gasteiger partial charge on any atom is 0.270 e. The Morgan fingerprint density at radius 3 is 2.46 bits per heavy atom. The van der Waals surface area contributed by atoms with E-state index in [4.69, 9.17) is 0 Å². The number of benzene rings is 2. The summed E-state index contributed by atoms with van der Waals surface area (Å²) < 4.78 is 0. The fourth-order valence-corrected chi connectivity index (χ4v) is 7.97. The first-order valence-corrected chi connectivity index (χ1v) is 19.9. The lowest BCUT2D eigenvalue weighted by molar-refractivity contribution is -0.136. The number of rotatable bonds is 18. The smallest absolute Gasteiger partial charge is 0.270 e. The molecule has 0 spiro atoms. The van der Waals surface area contributed by atoms with Crippen LogP contribution in [0.1, 0.15) is 93.7 Å². The van der Waals surface area contributed by atoms with Crippen LogP contribution in [0.3, 0.4) is 0 Å². The van der Waals surface area contributed by atoms with Gasteiger partial charge < -0.3 is 21.1 Å². The molecule has 15 nitrogen and oxygen atoms in total. The first-order chi connectivity index (χ1) is 27.2. The van der Waals surface area contributed by atoms with E-state index in [1.54, 1.807) is 24.3 Å². The van der Waals surface area contributed by atoms with Crippen molar-refractivity contribution in [3.8, 4) is 0 Å². The Labute approximate surface area is 326 Å². The maximum atomic E-state index is 13.1. The molecule has 5 heterocycles. The van der Waals surface area contributed by atoms with Gasteiger partial charge in [-0.05, 0) is 61.6 Å². The Balaban J connectivity index is 0.717. The molecule has 0 bridgehead atoms. The number of imide groups is 2. The van der Waals surface area contributed by atoms with Crippen molar-refractivity contribution in [2.45, 2.75) is 82.5 Å². The van der Waals surface area contributed by atoms with Gasteiger partial charge in [0.05, 0.1) is 23.3 Å². The molecular formula is C41H51N9O6. The molecule has 1 aromatic heterocycles. The molecule has 4 aliphatic rings. The zero-order chi connectivity index (χ0) is 39.0. The first kappa shape index (κ1) is 39.0. The standard InChI is InChI=1S/C41H51N9O6/c51-31(25-49-18-15-27-9-5-6-10-28(27)22-49)21-43-38(53)34-20-36(45-26-44-34)46-30-23-48(24-30)17-8-4-2-1-3-7-16-42-29-11-12-32-33(19-29)41(56)50(40(32)55)35-13-14-37(52)47-39(35)54/h5-6,9-12,19-20,26,30-31,35,42,51H,1-4,7-8,13-18,21-25H2,(H,43,53)(H,44,45,46)(H,47,52,54)/t31-,35?/m0/s1. The highest BCUT2D eigenvalue weighted by molar-refractivity contribution is 6.23. The Kier molecular flexibility index (Phi) is 12.6. The summed E-state index contributed by atoms with van der Waals surface area (Å²) in [5, 5.41) is 22.4. The van der Waals surface area contributed by atoms with Crippen molar-refractivity contribution in [2.75, 3.05) is 56.4 Å². The van der Waals surface area contributed by atoms with Crippen LogP contribution in [0.15, 0.2) is 54.9 Å². The molecule has 7 rings (SSSR count). The van der Waals surface area contributed by atoms with Gasteiger partial charge in [-0.2, -0.15) is 0 Å². The summed E-state index contributed by atoms with van der Waals surface area (Å²) in [4.78, 5) is 76.6. The van der Waals surface area contributed by atoms with Crippen molar-refractivity contribution < 1.29 is 29.1 Å². The summed E-state index contributed by atoms with van der Waals surface area (Å²) in [6.45, 7) is 5.97. The Hall–Kier alpha value is -5.25. The average Bonchev–Trinajstić information content (AvgIpc) is 3.43. The number of carbonyl (C=O) groups is 5. The van der Waals surface area contributed by atoms with Crippen LogP contribution in [0, 0.1) is 0 Å². The molecule has 0 saturated carbocycles. The van der Waals surface area contributed by atoms with E-state index in [1.165, 1.54) is 17.5 Å². The third-order valence-corrected chi connectivity index (χ3v) is 11.1. The van der Waals surface area contributed by atoms with E-state index < -0.39 is 35.8 Å². The van der Waals surface area contributed by atoms with Gasteiger partial charge >= 0.3 is 0 Å². The van der Waals surface area contributed by atoms with Crippen LogP contribution in [0.2, 0.25) is 0 Å². The minimum atomic E-state index is -0.967. The lowest BCUT2D eigenvalue weighted by Gasteiger charge is -2.39. The second kappa shape index (κ2) is 18.1. The largest absolute Gasteiger partial charge is 0.390 e. The zero-order valence-corrected chi connectivity index (χ0v) is 31.7. The number of aromatic nitrogens is 2. The van der Waals surface area contributed by atoms with Crippen molar-refractivity contribution in [1.29, 1.82) is 0 Å². The van der Waals surface area contributed by atoms with Crippen molar-refractivity contribution in [3.63, 3.8) is 0 Å². The van der Waals surface area contributed by atoms with Gasteiger partial charge in [-0.3, -0.25) is 44.0 Å². The molecule has 296 valence electrons. The van der Waals surface area contributed by atoms with Crippen LogP contribution in [-0.2, 0) is 22.6 Å². The van der Waals surface area contributed by atoms with Crippen LogP contribution >= 0.6 is 0 Å². The predicted octanol–water partition coefficient (Wildman–Crippen LogP) is 2.58. The number of hydrogen-bond donors (Lipinski definition) is 5. The predicted molar refractivity (Wildman–Crippen MR) is 209 cm³/mol. The lowest BCUT2D eigenvalue weighted by atomic mass is 10.00. The number of amides is 5. The van der Waals surface area contributed by atoms with Crippen LogP contribution in [0.5, 0.6) is 0 Å². The van der Waals surface area contributed by atoms with Crippen LogP contribution in [0.4, 0.5) is 11.5 Å². The average molecular weight is 766 g/mol. The molecule has 2 fully saturated rings. The number of carbonyl (C=O) groups excluding carboxylic acids is 5. The second-order valence-corrected chi connectivity index (χ2v) is 15.3. The SMILES string of the molecule is O=C1CCC(N2C(=O)c3ccc(NCCCCCCCCN4CC(Nc5cc(C(=O)NC[C@H](O)CN6CCc7ccccc7C6)ncn5)C4)cc3C2=O)C(=O)N1. The molecule has 1 unspecified atom stereocenters. The quantitative estimate of drug-likeness (QED) is 0.0943. The maximum absolute atomic E-state index is 13.1. The van der Waals surface area contributed by atoms with Crippen molar-refractivity contribution >= 4 is 41.0 Å². The number of fused-ring (bicyclic) bond motifs is 2. The summed E-state index contributed by atoms with van der Waals surface area (Å²) in [6.07, 6.45) is 8.58. The first-order valence-electron chi connectivity index (χ1n) is 19.9. The number of aliphatic hydroxyl groups excluding tert-OH is 1. The van der Waals surface area contributed by atoms with Gasteiger partial charge in [0.15, 0.2) is 0 Å². The van der Waals surface area contributed by atoms with Crippen LogP contribution in [-0.4, -0.2) is 123 Å². The summed E-state index contributed by atoms with van der Waals surface area (Å²) in [7, 11) is 0. The molecule has 2 aromatic carbocycles. The monoisotopic (exact) mass is 765 g/mol. The highest BCUT2D eigenvalue weighted by Gasteiger charge is 2.44. The molecular weight excluding hydrogens is 715 g/mol. The highest BCUT2D eigenvalue weighted by Crippen LogP contribution is 2.30. The number of unbranched alkanes of at least 4 members (excludes halogenated alkanes) is 5. The van der Waals surface area contributed by atoms with Gasteiger partial charge in [0, 0.05) is 64.0 Å². The molecule has 5 N–H and O–H groups in total. The Morgan fingerprint density at radius 1 is 0.875 bits per heavy atom. The minimum absolute atomic E-state index is 0.0929. The zero-order valence-electron chi connectivity index (χ0n) is 31.7. The van der Waals surface area contributed by atoms with Crippen LogP contribution in [0.25, 0.3) is 0 Å². The number of anilines is 2. The Bertz CT molecular complexity index is 1930. The normalized spacial score (nSPS) is 19.2. The molecule has 5 amide bonds. The second-order valence-electron chi connectivity index (χ2n) is 15.3. The van der Waals surface area contributed by atoms with E-state index >= 15 is 0 Å². The number of β-amino-alcohol motifs (C(OH)–C–C–N with tert-alkyl or cyclic N) is 1.